The maximum absolute atomic E-state index is 14.5. The molecule has 0 aromatic rings. The topological polar surface area (TPSA) is 36.9 Å². The molecule has 28 heavy (non-hydrogen) atoms. The smallest absolute Gasteiger partial charge is 0.341 e. The third kappa shape index (κ3) is 10.6. The van der Waals surface area contributed by atoms with E-state index < -0.39 is 60.0 Å². The second-order valence-electron chi connectivity index (χ2n) is 8.55. The number of hydrogen-bond donors (Lipinski definition) is 0. The van der Waals surface area contributed by atoms with Crippen LogP contribution in [0.3, 0.4) is 0 Å². The summed E-state index contributed by atoms with van der Waals surface area (Å²) in [6.07, 6.45) is -6.30. The van der Waals surface area contributed by atoms with E-state index >= 15 is 0 Å². The minimum Gasteiger partial charge on any atom is -0.341 e. The van der Waals surface area contributed by atoms with Crippen LogP contribution < -0.4 is 0 Å². The lowest BCUT2D eigenvalue weighted by Gasteiger charge is -2.28. The highest BCUT2D eigenvalue weighted by Crippen LogP contribution is 2.39. The predicted molar refractivity (Wildman–Crippen MR) is 95.4 cm³/mol. The fraction of sp³-hybridized carbons (Fsp3) is 0.895. The van der Waals surface area contributed by atoms with E-state index in [2.05, 4.69) is 0 Å². The van der Waals surface area contributed by atoms with Crippen molar-refractivity contribution in [1.82, 2.24) is 0 Å². The van der Waals surface area contributed by atoms with Gasteiger partial charge >= 0.3 is 6.18 Å². The summed E-state index contributed by atoms with van der Waals surface area (Å²) >= 11 is 0. The van der Waals surface area contributed by atoms with Crippen LogP contribution in [0.5, 0.6) is 0 Å². The Balaban J connectivity index is 5.98. The quantitative estimate of drug-likeness (QED) is 0.169. The standard InChI is InChI=1S/C19H33F5O4/c1-9-13(19(22,23)24)11-15(26-28-17(6,7)8)14(18(20,21)10-2)12-25-27-16(3,4)5/h13H,9-12H2,1-8H3/b15-14+. The molecule has 4 nitrogen and oxygen atoms in total. The van der Waals surface area contributed by atoms with E-state index in [9.17, 15) is 22.0 Å². The van der Waals surface area contributed by atoms with Gasteiger partial charge in [-0.15, -0.1) is 0 Å². The van der Waals surface area contributed by atoms with E-state index in [1.54, 1.807) is 41.5 Å². The van der Waals surface area contributed by atoms with E-state index in [1.807, 2.05) is 0 Å². The SMILES string of the molecule is CCC(C/C(OOC(C)(C)C)=C(/COOC(C)(C)C)C(F)(F)CC)C(F)(F)F. The average molecular weight is 420 g/mol. The Kier molecular flexibility index (Phi) is 9.87. The number of hydrogen-bond acceptors (Lipinski definition) is 4. The van der Waals surface area contributed by atoms with E-state index in [-0.39, 0.29) is 6.42 Å². The zero-order valence-corrected chi connectivity index (χ0v) is 17.9. The Morgan fingerprint density at radius 1 is 0.821 bits per heavy atom. The lowest BCUT2D eigenvalue weighted by molar-refractivity contribution is -0.349. The minimum absolute atomic E-state index is 0.295. The summed E-state index contributed by atoms with van der Waals surface area (Å²) in [5.74, 6) is -5.91. The molecule has 0 fully saturated rings. The average Bonchev–Trinajstić information content (AvgIpc) is 2.49. The van der Waals surface area contributed by atoms with Crippen molar-refractivity contribution in [1.29, 1.82) is 0 Å². The summed E-state index contributed by atoms with van der Waals surface area (Å²) in [6, 6.07) is 0. The molecule has 0 aliphatic heterocycles. The molecule has 0 heterocycles. The van der Waals surface area contributed by atoms with Gasteiger partial charge < -0.3 is 4.89 Å². The minimum atomic E-state index is -4.57. The van der Waals surface area contributed by atoms with Crippen molar-refractivity contribution >= 4 is 0 Å². The van der Waals surface area contributed by atoms with Crippen LogP contribution in [0.4, 0.5) is 22.0 Å². The number of allylic oxidation sites excluding steroid dienone is 1. The second kappa shape index (κ2) is 10.2. The van der Waals surface area contributed by atoms with Gasteiger partial charge in [0.1, 0.15) is 12.2 Å². The highest BCUT2D eigenvalue weighted by atomic mass is 19.4. The van der Waals surface area contributed by atoms with Crippen molar-refractivity contribution in [2.45, 2.75) is 98.0 Å². The van der Waals surface area contributed by atoms with Gasteiger partial charge in [-0.1, -0.05) is 13.8 Å². The van der Waals surface area contributed by atoms with Gasteiger partial charge in [0, 0.05) is 12.8 Å². The Labute approximate surface area is 164 Å². The first-order chi connectivity index (χ1) is 12.4. The first kappa shape index (κ1) is 27.1. The largest absolute Gasteiger partial charge is 0.392 e. The van der Waals surface area contributed by atoms with Gasteiger partial charge in [-0.25, -0.2) is 18.6 Å². The predicted octanol–water partition coefficient (Wildman–Crippen LogP) is 6.76. The first-order valence-electron chi connectivity index (χ1n) is 9.26. The molecule has 0 bridgehead atoms. The van der Waals surface area contributed by atoms with Crippen LogP contribution in [0.15, 0.2) is 11.3 Å². The van der Waals surface area contributed by atoms with Gasteiger partial charge in [-0.2, -0.15) is 18.1 Å². The van der Waals surface area contributed by atoms with Crippen LogP contribution in [-0.4, -0.2) is 29.9 Å². The van der Waals surface area contributed by atoms with E-state index in [0.717, 1.165) is 0 Å². The molecule has 0 aromatic heterocycles. The van der Waals surface area contributed by atoms with Crippen LogP contribution in [0, 0.1) is 5.92 Å². The molecule has 0 aromatic carbocycles. The molecule has 0 spiro atoms. The lowest BCUT2D eigenvalue weighted by Crippen LogP contribution is -2.30. The van der Waals surface area contributed by atoms with Crippen molar-refractivity contribution in [3.63, 3.8) is 0 Å². The third-order valence-corrected chi connectivity index (χ3v) is 3.51. The summed E-state index contributed by atoms with van der Waals surface area (Å²) in [5, 5.41) is 0. The molecule has 168 valence electrons. The van der Waals surface area contributed by atoms with Crippen LogP contribution >= 0.6 is 0 Å². The van der Waals surface area contributed by atoms with Gasteiger partial charge in [0.2, 0.25) is 0 Å². The van der Waals surface area contributed by atoms with Crippen molar-refractivity contribution in [2.24, 2.45) is 5.92 Å². The van der Waals surface area contributed by atoms with E-state index in [1.165, 1.54) is 13.8 Å². The highest BCUT2D eigenvalue weighted by molar-refractivity contribution is 5.18. The molecule has 0 aliphatic rings. The maximum Gasteiger partial charge on any atom is 0.392 e. The normalized spacial score (nSPS) is 16.0. The Morgan fingerprint density at radius 2 is 1.32 bits per heavy atom. The van der Waals surface area contributed by atoms with Gasteiger partial charge in [0.25, 0.3) is 5.92 Å². The molecule has 0 saturated carbocycles. The van der Waals surface area contributed by atoms with Crippen molar-refractivity contribution in [2.75, 3.05) is 6.61 Å². The molecular formula is C19H33F5O4. The number of rotatable bonds is 10. The lowest BCUT2D eigenvalue weighted by atomic mass is 9.96. The maximum atomic E-state index is 14.5. The second-order valence-corrected chi connectivity index (χ2v) is 8.55. The first-order valence-corrected chi connectivity index (χ1v) is 9.26. The van der Waals surface area contributed by atoms with Gasteiger partial charge in [-0.05, 0) is 48.0 Å². The molecule has 9 heteroatoms. The molecule has 0 aliphatic carbocycles. The van der Waals surface area contributed by atoms with Crippen LogP contribution in [0.25, 0.3) is 0 Å². The molecule has 0 rings (SSSR count). The van der Waals surface area contributed by atoms with E-state index in [0.29, 0.717) is 0 Å². The summed E-state index contributed by atoms with van der Waals surface area (Å²) < 4.78 is 68.8. The van der Waals surface area contributed by atoms with Gasteiger partial charge in [0.05, 0.1) is 17.1 Å². The fourth-order valence-corrected chi connectivity index (χ4v) is 1.97. The number of alkyl halides is 5. The van der Waals surface area contributed by atoms with Crippen LogP contribution in [0.2, 0.25) is 0 Å². The molecule has 0 N–H and O–H groups in total. The van der Waals surface area contributed by atoms with E-state index in [4.69, 9.17) is 19.6 Å². The molecule has 0 radical (unpaired) electrons. The van der Waals surface area contributed by atoms with Crippen molar-refractivity contribution < 1.29 is 41.5 Å². The Hall–Kier alpha value is -0.930. The summed E-state index contributed by atoms with van der Waals surface area (Å²) in [4.78, 5) is 20.0. The molecule has 0 amide bonds. The summed E-state index contributed by atoms with van der Waals surface area (Å²) in [5.41, 5.74) is -2.43. The highest BCUT2D eigenvalue weighted by Gasteiger charge is 2.43. The van der Waals surface area contributed by atoms with Crippen LogP contribution in [0.1, 0.15) is 74.7 Å². The zero-order valence-electron chi connectivity index (χ0n) is 17.9. The summed E-state index contributed by atoms with van der Waals surface area (Å²) in [7, 11) is 0. The Bertz CT molecular complexity index is 502. The monoisotopic (exact) mass is 420 g/mol. The third-order valence-electron chi connectivity index (χ3n) is 3.51. The molecule has 1 unspecified atom stereocenters. The molecule has 0 saturated heterocycles. The fourth-order valence-electron chi connectivity index (χ4n) is 1.97. The zero-order chi connectivity index (χ0) is 22.4. The summed E-state index contributed by atoms with van der Waals surface area (Å²) in [6.45, 7) is 11.5. The van der Waals surface area contributed by atoms with Crippen LogP contribution in [-0.2, 0) is 19.6 Å². The van der Waals surface area contributed by atoms with Crippen molar-refractivity contribution in [3.8, 4) is 0 Å². The van der Waals surface area contributed by atoms with Gasteiger partial charge in [-0.3, -0.25) is 0 Å². The molecular weight excluding hydrogens is 387 g/mol. The number of halogens is 5. The van der Waals surface area contributed by atoms with Crippen molar-refractivity contribution in [3.05, 3.63) is 11.3 Å². The van der Waals surface area contributed by atoms with Gasteiger partial charge in [0.15, 0.2) is 5.76 Å². The Morgan fingerprint density at radius 3 is 1.68 bits per heavy atom. The molecule has 1 atom stereocenters.